The Morgan fingerprint density at radius 1 is 1.38 bits per heavy atom. The fourth-order valence-corrected chi connectivity index (χ4v) is 2.91. The molecule has 3 nitrogen and oxygen atoms in total. The fourth-order valence-electron chi connectivity index (χ4n) is 2.91. The van der Waals surface area contributed by atoms with Crippen LogP contribution in [-0.2, 0) is 6.42 Å². The van der Waals surface area contributed by atoms with Crippen LogP contribution in [-0.4, -0.2) is 25.7 Å². The molecule has 0 amide bonds. The molecule has 2 aliphatic rings. The van der Waals surface area contributed by atoms with Gasteiger partial charge in [-0.15, -0.1) is 0 Å². The summed E-state index contributed by atoms with van der Waals surface area (Å²) in [6.07, 6.45) is 1.08. The van der Waals surface area contributed by atoms with Crippen molar-refractivity contribution in [1.82, 2.24) is 5.32 Å². The highest BCUT2D eigenvalue weighted by Crippen LogP contribution is 2.44. The number of fused-ring (bicyclic) bond motifs is 1. The lowest BCUT2D eigenvalue weighted by molar-refractivity contribution is 0.414. The summed E-state index contributed by atoms with van der Waals surface area (Å²) in [7, 11) is 1.70. The van der Waals surface area contributed by atoms with Crippen LogP contribution in [0.15, 0.2) is 24.3 Å². The van der Waals surface area contributed by atoms with Crippen molar-refractivity contribution in [2.75, 3.05) is 13.7 Å². The summed E-state index contributed by atoms with van der Waals surface area (Å²) in [5.41, 5.74) is 7.36. The summed E-state index contributed by atoms with van der Waals surface area (Å²) < 4.78 is 5.15. The molecular weight excluding hydrogens is 200 g/mol. The molecule has 2 fully saturated rings. The summed E-state index contributed by atoms with van der Waals surface area (Å²) in [4.78, 5) is 0. The van der Waals surface area contributed by atoms with E-state index in [4.69, 9.17) is 10.5 Å². The number of ether oxygens (including phenoxy) is 1. The van der Waals surface area contributed by atoms with Crippen LogP contribution in [0, 0.1) is 11.8 Å². The van der Waals surface area contributed by atoms with E-state index in [-0.39, 0.29) is 0 Å². The molecule has 0 spiro atoms. The van der Waals surface area contributed by atoms with E-state index in [1.807, 2.05) is 12.1 Å². The highest BCUT2D eigenvalue weighted by atomic mass is 16.5. The highest BCUT2D eigenvalue weighted by molar-refractivity contribution is 5.28. The average molecular weight is 218 g/mol. The minimum atomic E-state index is 0.449. The topological polar surface area (TPSA) is 47.3 Å². The maximum Gasteiger partial charge on any atom is 0.118 e. The van der Waals surface area contributed by atoms with Crippen LogP contribution in [0.2, 0.25) is 0 Å². The van der Waals surface area contributed by atoms with Gasteiger partial charge in [0, 0.05) is 18.6 Å². The van der Waals surface area contributed by atoms with Crippen molar-refractivity contribution >= 4 is 0 Å². The number of benzene rings is 1. The number of rotatable bonds is 3. The number of nitrogens with two attached hydrogens (primary N) is 1. The van der Waals surface area contributed by atoms with Crippen molar-refractivity contribution in [1.29, 1.82) is 0 Å². The molecule has 1 saturated heterocycles. The molecule has 16 heavy (non-hydrogen) atoms. The van der Waals surface area contributed by atoms with Crippen LogP contribution >= 0.6 is 0 Å². The Labute approximate surface area is 96.0 Å². The van der Waals surface area contributed by atoms with Crippen molar-refractivity contribution in [3.05, 3.63) is 29.8 Å². The van der Waals surface area contributed by atoms with Crippen LogP contribution in [0.25, 0.3) is 0 Å². The fraction of sp³-hybridized carbons (Fsp3) is 0.538. The highest BCUT2D eigenvalue weighted by Gasteiger charge is 2.55. The van der Waals surface area contributed by atoms with Crippen LogP contribution in [0.4, 0.5) is 0 Å². The van der Waals surface area contributed by atoms with Gasteiger partial charge in [0.15, 0.2) is 0 Å². The maximum atomic E-state index is 6.00. The molecule has 3 heteroatoms. The minimum absolute atomic E-state index is 0.449. The number of hydrogen-bond acceptors (Lipinski definition) is 3. The van der Waals surface area contributed by atoms with E-state index in [0.29, 0.717) is 18.0 Å². The molecule has 0 aromatic heterocycles. The lowest BCUT2D eigenvalue weighted by Gasteiger charge is -2.14. The molecule has 3 rings (SSSR count). The van der Waals surface area contributed by atoms with Crippen molar-refractivity contribution in [2.24, 2.45) is 17.6 Å². The Hall–Kier alpha value is -1.06. The zero-order chi connectivity index (χ0) is 11.1. The average Bonchev–Trinajstić information content (AvgIpc) is 2.76. The second-order valence-corrected chi connectivity index (χ2v) is 4.89. The van der Waals surface area contributed by atoms with E-state index >= 15 is 0 Å². The van der Waals surface area contributed by atoms with E-state index in [2.05, 4.69) is 17.4 Å². The Kier molecular flexibility index (Phi) is 2.37. The standard InChI is InChI=1S/C13H18N2O/c1-16-9-4-2-8(3-5-9)6-11-12-10(7-15-11)13(12)14/h2-5,10-13,15H,6-7,14H2,1H3. The third kappa shape index (κ3) is 1.60. The van der Waals surface area contributed by atoms with Gasteiger partial charge in [-0.1, -0.05) is 12.1 Å². The monoisotopic (exact) mass is 218 g/mol. The van der Waals surface area contributed by atoms with Gasteiger partial charge in [-0.25, -0.2) is 0 Å². The summed E-state index contributed by atoms with van der Waals surface area (Å²) in [6.45, 7) is 1.10. The first kappa shape index (κ1) is 10.1. The minimum Gasteiger partial charge on any atom is -0.497 e. The van der Waals surface area contributed by atoms with E-state index in [1.54, 1.807) is 7.11 Å². The predicted octanol–water partition coefficient (Wildman–Crippen LogP) is 0.783. The third-order valence-corrected chi connectivity index (χ3v) is 3.99. The van der Waals surface area contributed by atoms with Crippen LogP contribution in [0.1, 0.15) is 5.56 Å². The first-order chi connectivity index (χ1) is 7.79. The maximum absolute atomic E-state index is 6.00. The van der Waals surface area contributed by atoms with Crippen LogP contribution in [0.3, 0.4) is 0 Å². The van der Waals surface area contributed by atoms with Crippen LogP contribution < -0.4 is 15.8 Å². The molecule has 4 unspecified atom stereocenters. The Balaban J connectivity index is 1.65. The van der Waals surface area contributed by atoms with E-state index in [9.17, 15) is 0 Å². The van der Waals surface area contributed by atoms with E-state index in [1.165, 1.54) is 5.56 Å². The largest absolute Gasteiger partial charge is 0.497 e. The molecule has 0 bridgehead atoms. The first-order valence-corrected chi connectivity index (χ1v) is 5.91. The molecule has 4 atom stereocenters. The molecule has 1 aliphatic heterocycles. The van der Waals surface area contributed by atoms with Gasteiger partial charge >= 0.3 is 0 Å². The second kappa shape index (κ2) is 3.75. The number of piperidine rings is 1. The third-order valence-electron chi connectivity index (χ3n) is 3.99. The number of nitrogens with one attached hydrogen (secondary N) is 1. The smallest absolute Gasteiger partial charge is 0.118 e. The summed E-state index contributed by atoms with van der Waals surface area (Å²) in [5, 5.41) is 3.55. The molecule has 1 saturated carbocycles. The Bertz CT molecular complexity index is 376. The van der Waals surface area contributed by atoms with Gasteiger partial charge in [0.25, 0.3) is 0 Å². The summed E-state index contributed by atoms with van der Waals surface area (Å²) >= 11 is 0. The zero-order valence-corrected chi connectivity index (χ0v) is 9.52. The molecule has 86 valence electrons. The molecule has 1 aromatic carbocycles. The van der Waals surface area contributed by atoms with Gasteiger partial charge in [0.05, 0.1) is 7.11 Å². The SMILES string of the molecule is COc1ccc(CC2NCC3C(N)C23)cc1. The van der Waals surface area contributed by atoms with Gasteiger partial charge in [-0.3, -0.25) is 0 Å². The summed E-state index contributed by atoms with van der Waals surface area (Å²) in [6, 6.07) is 9.35. The van der Waals surface area contributed by atoms with Gasteiger partial charge in [0.1, 0.15) is 5.75 Å². The van der Waals surface area contributed by atoms with E-state index in [0.717, 1.165) is 24.6 Å². The lowest BCUT2D eigenvalue weighted by Crippen LogP contribution is -2.33. The molecule has 0 radical (unpaired) electrons. The van der Waals surface area contributed by atoms with E-state index < -0.39 is 0 Å². The molecule has 1 aliphatic carbocycles. The number of methoxy groups -OCH3 is 1. The Morgan fingerprint density at radius 2 is 2.12 bits per heavy atom. The van der Waals surface area contributed by atoms with Gasteiger partial charge in [-0.05, 0) is 36.0 Å². The van der Waals surface area contributed by atoms with Gasteiger partial charge < -0.3 is 15.8 Å². The summed E-state index contributed by atoms with van der Waals surface area (Å²) in [5.74, 6) is 2.37. The predicted molar refractivity (Wildman–Crippen MR) is 63.4 cm³/mol. The van der Waals surface area contributed by atoms with Crippen molar-refractivity contribution < 1.29 is 4.74 Å². The van der Waals surface area contributed by atoms with Crippen molar-refractivity contribution in [3.63, 3.8) is 0 Å². The van der Waals surface area contributed by atoms with Gasteiger partial charge in [0.2, 0.25) is 0 Å². The lowest BCUT2D eigenvalue weighted by atomic mass is 10.0. The molecular formula is C13H18N2O. The first-order valence-electron chi connectivity index (χ1n) is 5.91. The van der Waals surface area contributed by atoms with Crippen molar-refractivity contribution in [2.45, 2.75) is 18.5 Å². The van der Waals surface area contributed by atoms with Gasteiger partial charge in [-0.2, -0.15) is 0 Å². The zero-order valence-electron chi connectivity index (χ0n) is 9.52. The molecule has 1 aromatic rings. The molecule has 1 heterocycles. The second-order valence-electron chi connectivity index (χ2n) is 4.89. The normalized spacial score (nSPS) is 35.9. The van der Waals surface area contributed by atoms with Crippen molar-refractivity contribution in [3.8, 4) is 5.75 Å². The Morgan fingerprint density at radius 3 is 2.69 bits per heavy atom. The number of hydrogen-bond donors (Lipinski definition) is 2. The van der Waals surface area contributed by atoms with Crippen LogP contribution in [0.5, 0.6) is 5.75 Å². The molecule has 3 N–H and O–H groups in total. The quantitative estimate of drug-likeness (QED) is 0.788.